The van der Waals surface area contributed by atoms with Gasteiger partial charge < -0.3 is 30.9 Å². The third-order valence-electron chi connectivity index (χ3n) is 8.30. The fourth-order valence-corrected chi connectivity index (χ4v) is 6.03. The zero-order valence-electron chi connectivity index (χ0n) is 31.4. The molecule has 0 saturated carbocycles. The van der Waals surface area contributed by atoms with Gasteiger partial charge in [0, 0.05) is 24.1 Å². The number of thioether (sulfide) groups is 1. The molecule has 3 atom stereocenters. The standard InChI is InChI=1S/C42H48N4O8S/c1-42(2,3)54-41(52)45-35(25-28-17-21-33(47)22-18-28)39(50)46(38(49)31-13-9-6-10-14-31)36(26-29-15-19-32(43)20-16-29)37(48)44-34(23-24-55-4)40(51)53-27-30-11-7-5-8-12-30/h5-22,34-36,47H,23-27,43H2,1-4H3,(H,44,48)(H,45,52)/t34-,35-,36-/m0/s1. The number of rotatable bonds is 16. The minimum absolute atomic E-state index is 0.00818. The molecule has 0 fully saturated rings. The number of alkyl carbamates (subject to hydrolysis) is 1. The number of anilines is 1. The number of esters is 1. The second-order valence-electron chi connectivity index (χ2n) is 13.8. The zero-order chi connectivity index (χ0) is 40.0. The third kappa shape index (κ3) is 13.2. The van der Waals surface area contributed by atoms with E-state index in [1.54, 1.807) is 75.4 Å². The summed E-state index contributed by atoms with van der Waals surface area (Å²) in [6.45, 7) is 4.98. The first-order valence-electron chi connectivity index (χ1n) is 17.8. The van der Waals surface area contributed by atoms with Crippen molar-refractivity contribution in [3.05, 3.63) is 131 Å². The molecule has 0 aliphatic rings. The van der Waals surface area contributed by atoms with Gasteiger partial charge in [-0.05, 0) is 92.3 Å². The Morgan fingerprint density at radius 3 is 1.95 bits per heavy atom. The number of benzene rings is 4. The molecule has 4 aromatic rings. The van der Waals surface area contributed by atoms with Gasteiger partial charge in [0.15, 0.2) is 0 Å². The summed E-state index contributed by atoms with van der Waals surface area (Å²) in [5, 5.41) is 15.3. The summed E-state index contributed by atoms with van der Waals surface area (Å²) in [4.78, 5) is 71.8. The quantitative estimate of drug-likeness (QED) is 0.0821. The molecule has 55 heavy (non-hydrogen) atoms. The Kier molecular flexibility index (Phi) is 15.3. The highest BCUT2D eigenvalue weighted by Gasteiger charge is 2.41. The summed E-state index contributed by atoms with van der Waals surface area (Å²) in [6, 6.07) is 25.7. The van der Waals surface area contributed by atoms with Gasteiger partial charge in [-0.25, -0.2) is 9.59 Å². The van der Waals surface area contributed by atoms with E-state index in [2.05, 4.69) is 10.6 Å². The second-order valence-corrected chi connectivity index (χ2v) is 14.8. The third-order valence-corrected chi connectivity index (χ3v) is 8.94. The number of nitrogens with zero attached hydrogens (tertiary/aromatic N) is 1. The van der Waals surface area contributed by atoms with E-state index < -0.39 is 53.5 Å². The van der Waals surface area contributed by atoms with E-state index in [4.69, 9.17) is 15.2 Å². The topological polar surface area (TPSA) is 177 Å². The number of nitrogen functional groups attached to an aromatic ring is 1. The molecule has 290 valence electrons. The lowest BCUT2D eigenvalue weighted by Gasteiger charge is -2.34. The monoisotopic (exact) mass is 768 g/mol. The highest BCUT2D eigenvalue weighted by Crippen LogP contribution is 2.21. The number of carbonyl (C=O) groups is 5. The van der Waals surface area contributed by atoms with Crippen LogP contribution in [-0.2, 0) is 43.3 Å². The maximum absolute atomic E-state index is 15.0. The lowest BCUT2D eigenvalue weighted by molar-refractivity contribution is -0.150. The van der Waals surface area contributed by atoms with Crippen molar-refractivity contribution in [3.63, 3.8) is 0 Å². The Labute approximate surface area is 325 Å². The Bertz CT molecular complexity index is 1890. The summed E-state index contributed by atoms with van der Waals surface area (Å²) in [5.74, 6) is -2.70. The normalized spacial score (nSPS) is 12.7. The Morgan fingerprint density at radius 2 is 1.35 bits per heavy atom. The van der Waals surface area contributed by atoms with Gasteiger partial charge in [0.05, 0.1) is 0 Å². The van der Waals surface area contributed by atoms with Crippen molar-refractivity contribution in [2.45, 2.75) is 70.4 Å². The van der Waals surface area contributed by atoms with Crippen LogP contribution in [0, 0.1) is 0 Å². The molecule has 4 rings (SSSR count). The number of ether oxygens (including phenoxy) is 2. The Hall–Kier alpha value is -5.82. The fraction of sp³-hybridized carbons (Fsp3) is 0.310. The number of hydrogen-bond acceptors (Lipinski definition) is 10. The SMILES string of the molecule is CSCC[C@H](NC(=O)[C@H](Cc1ccc(N)cc1)N(C(=O)c1ccccc1)C(=O)[C@H](Cc1ccc(O)cc1)NC(=O)OC(C)(C)C)C(=O)OCc1ccccc1. The molecule has 0 spiro atoms. The van der Waals surface area contributed by atoms with Gasteiger partial charge in [-0.1, -0.05) is 72.8 Å². The lowest BCUT2D eigenvalue weighted by atomic mass is 9.98. The maximum Gasteiger partial charge on any atom is 0.408 e. The van der Waals surface area contributed by atoms with Crippen molar-refractivity contribution in [3.8, 4) is 5.75 Å². The van der Waals surface area contributed by atoms with Crippen molar-refractivity contribution in [1.29, 1.82) is 0 Å². The largest absolute Gasteiger partial charge is 0.508 e. The van der Waals surface area contributed by atoms with Crippen molar-refractivity contribution >= 4 is 47.2 Å². The van der Waals surface area contributed by atoms with Crippen molar-refractivity contribution < 1.29 is 38.6 Å². The molecule has 4 aromatic carbocycles. The van der Waals surface area contributed by atoms with Crippen LogP contribution >= 0.6 is 11.8 Å². The number of nitrogens with one attached hydrogen (secondary N) is 2. The van der Waals surface area contributed by atoms with Gasteiger partial charge in [0.1, 0.15) is 36.1 Å². The van der Waals surface area contributed by atoms with Gasteiger partial charge in [0.25, 0.3) is 11.8 Å². The molecule has 0 aliphatic carbocycles. The predicted octanol–water partition coefficient (Wildman–Crippen LogP) is 5.67. The van der Waals surface area contributed by atoms with Crippen molar-refractivity contribution in [2.75, 3.05) is 17.7 Å². The van der Waals surface area contributed by atoms with Crippen LogP contribution in [0.2, 0.25) is 0 Å². The van der Waals surface area contributed by atoms with Crippen molar-refractivity contribution in [1.82, 2.24) is 15.5 Å². The summed E-state index contributed by atoms with van der Waals surface area (Å²) >= 11 is 1.47. The maximum atomic E-state index is 15.0. The number of phenolic OH excluding ortho intramolecular Hbond substituents is 1. The second kappa shape index (κ2) is 20.0. The van der Waals surface area contributed by atoms with Crippen LogP contribution in [0.15, 0.2) is 109 Å². The van der Waals surface area contributed by atoms with Crippen LogP contribution in [0.1, 0.15) is 54.2 Å². The number of phenols is 1. The highest BCUT2D eigenvalue weighted by atomic mass is 32.2. The van der Waals surface area contributed by atoms with E-state index in [0.29, 0.717) is 22.6 Å². The lowest BCUT2D eigenvalue weighted by Crippen LogP contribution is -2.60. The van der Waals surface area contributed by atoms with Crippen LogP contribution < -0.4 is 16.4 Å². The number of amides is 4. The summed E-state index contributed by atoms with van der Waals surface area (Å²) in [5.41, 5.74) is 7.47. The van der Waals surface area contributed by atoms with Gasteiger partial charge in [-0.3, -0.25) is 19.3 Å². The van der Waals surface area contributed by atoms with Gasteiger partial charge in [0.2, 0.25) is 5.91 Å². The van der Waals surface area contributed by atoms with Crippen LogP contribution in [0.3, 0.4) is 0 Å². The Balaban J connectivity index is 1.79. The van der Waals surface area contributed by atoms with Crippen LogP contribution in [0.4, 0.5) is 10.5 Å². The molecule has 4 amide bonds. The molecule has 0 unspecified atom stereocenters. The molecule has 0 bridgehead atoms. The van der Waals surface area contributed by atoms with E-state index in [9.17, 15) is 29.1 Å². The summed E-state index contributed by atoms with van der Waals surface area (Å²) in [7, 11) is 0. The first-order chi connectivity index (χ1) is 26.2. The fourth-order valence-electron chi connectivity index (χ4n) is 5.56. The van der Waals surface area contributed by atoms with Crippen LogP contribution in [-0.4, -0.2) is 75.5 Å². The average Bonchev–Trinajstić information content (AvgIpc) is 3.16. The smallest absolute Gasteiger partial charge is 0.408 e. The molecule has 0 aromatic heterocycles. The van der Waals surface area contributed by atoms with Gasteiger partial charge in [-0.2, -0.15) is 11.8 Å². The first kappa shape index (κ1) is 41.9. The number of hydrogen-bond donors (Lipinski definition) is 4. The molecular formula is C42H48N4O8S. The number of carbonyl (C=O) groups excluding carboxylic acids is 5. The van der Waals surface area contributed by atoms with E-state index in [1.165, 1.54) is 36.0 Å². The molecule has 12 nitrogen and oxygen atoms in total. The summed E-state index contributed by atoms with van der Waals surface area (Å²) < 4.78 is 11.1. The van der Waals surface area contributed by atoms with E-state index in [1.807, 2.05) is 36.6 Å². The zero-order valence-corrected chi connectivity index (χ0v) is 32.2. The Morgan fingerprint density at radius 1 is 0.764 bits per heavy atom. The van der Waals surface area contributed by atoms with E-state index >= 15 is 0 Å². The highest BCUT2D eigenvalue weighted by molar-refractivity contribution is 7.98. The van der Waals surface area contributed by atoms with Gasteiger partial charge >= 0.3 is 12.1 Å². The molecule has 0 saturated heterocycles. The first-order valence-corrected chi connectivity index (χ1v) is 19.2. The average molecular weight is 769 g/mol. The van der Waals surface area contributed by atoms with E-state index in [0.717, 1.165) is 10.5 Å². The minimum Gasteiger partial charge on any atom is -0.508 e. The molecule has 0 radical (unpaired) electrons. The van der Waals surface area contributed by atoms with Crippen molar-refractivity contribution in [2.24, 2.45) is 0 Å². The minimum atomic E-state index is -1.52. The van der Waals surface area contributed by atoms with Gasteiger partial charge in [-0.15, -0.1) is 0 Å². The number of imide groups is 1. The predicted molar refractivity (Wildman–Crippen MR) is 212 cm³/mol. The number of aromatic hydroxyl groups is 1. The summed E-state index contributed by atoms with van der Waals surface area (Å²) in [6.07, 6.45) is 0.857. The molecule has 5 N–H and O–H groups in total. The van der Waals surface area contributed by atoms with E-state index in [-0.39, 0.29) is 37.2 Å². The molecule has 13 heteroatoms. The molecule has 0 aliphatic heterocycles. The number of nitrogens with two attached hydrogens (primary N) is 1. The van der Waals surface area contributed by atoms with Crippen LogP contribution in [0.25, 0.3) is 0 Å². The molecular weight excluding hydrogens is 721 g/mol. The van der Waals surface area contributed by atoms with Crippen LogP contribution in [0.5, 0.6) is 5.75 Å². The molecule has 0 heterocycles.